The van der Waals surface area contributed by atoms with Crippen LogP contribution in [0.25, 0.3) is 0 Å². The average molecular weight is 369 g/mol. The maximum absolute atomic E-state index is 10.8. The first-order valence-corrected chi connectivity index (χ1v) is 6.89. The Kier molecular flexibility index (Phi) is 8.03. The van der Waals surface area contributed by atoms with Gasteiger partial charge in [-0.05, 0) is 0 Å². The van der Waals surface area contributed by atoms with Crippen molar-refractivity contribution in [3.63, 3.8) is 0 Å². The smallest absolute Gasteiger partial charge is 0.244 e. The van der Waals surface area contributed by atoms with Gasteiger partial charge < -0.3 is 10.2 Å². The van der Waals surface area contributed by atoms with Crippen LogP contribution < -0.4 is 0 Å². The molecule has 1 aliphatic carbocycles. The molecule has 0 amide bonds. The van der Waals surface area contributed by atoms with Crippen LogP contribution >= 0.6 is 23.2 Å². The summed E-state index contributed by atoms with van der Waals surface area (Å²) < 4.78 is 0. The monoisotopic (exact) mass is 368 g/mol. The number of carbonyl (C=O) groups is 2. The summed E-state index contributed by atoms with van der Waals surface area (Å²) in [5.41, 5.74) is 0. The maximum Gasteiger partial charge on any atom is 0.244 e. The number of Topliss-reactive ketones (excluding diaryl/α,β-unsaturated/α-hetero) is 2. The van der Waals surface area contributed by atoms with E-state index in [9.17, 15) is 9.59 Å². The van der Waals surface area contributed by atoms with E-state index in [0.29, 0.717) is 0 Å². The average Bonchev–Trinajstić information content (AvgIpc) is 2.67. The Hall–Kier alpha value is -2.84. The second-order valence-electron chi connectivity index (χ2n) is 3.77. The summed E-state index contributed by atoms with van der Waals surface area (Å²) in [6.45, 7) is 0. The quantitative estimate of drug-likeness (QED) is 0.676. The lowest BCUT2D eigenvalue weighted by Gasteiger charge is -2.08. The van der Waals surface area contributed by atoms with Crippen LogP contribution in [0.4, 0.5) is 0 Å². The van der Waals surface area contributed by atoms with Crippen LogP contribution in [0, 0.1) is 0 Å². The van der Waals surface area contributed by atoms with E-state index in [1.165, 1.54) is 0 Å². The van der Waals surface area contributed by atoms with E-state index in [1.54, 1.807) is 49.6 Å². The van der Waals surface area contributed by atoms with Crippen molar-refractivity contribution >= 4 is 34.8 Å². The normalized spacial score (nSPS) is 13.6. The first-order chi connectivity index (χ1) is 11.5. The Labute approximate surface area is 146 Å². The highest BCUT2D eigenvalue weighted by molar-refractivity contribution is 6.55. The van der Waals surface area contributed by atoms with Crippen LogP contribution in [0.2, 0.25) is 0 Å². The molecule has 2 aromatic rings. The van der Waals surface area contributed by atoms with Gasteiger partial charge in [0.2, 0.25) is 11.6 Å². The number of halogens is 2. The SMILES string of the molecule is O=C1C(O)=C(Cl)C(=O)C(O)=C1Cl.c1cnccn1.c1cnccn1. The predicted octanol–water partition coefficient (Wildman–Crippen LogP) is 2.11. The summed E-state index contributed by atoms with van der Waals surface area (Å²) >= 11 is 10.4. The van der Waals surface area contributed by atoms with E-state index in [-0.39, 0.29) is 0 Å². The van der Waals surface area contributed by atoms with Gasteiger partial charge in [0, 0.05) is 49.6 Å². The number of hydrogen-bond donors (Lipinski definition) is 2. The molecule has 0 radical (unpaired) electrons. The van der Waals surface area contributed by atoms with Crippen molar-refractivity contribution in [2.24, 2.45) is 0 Å². The molecule has 2 N–H and O–H groups in total. The van der Waals surface area contributed by atoms with Crippen molar-refractivity contribution in [1.82, 2.24) is 19.9 Å². The molecule has 0 saturated heterocycles. The topological polar surface area (TPSA) is 126 Å². The molecular weight excluding hydrogens is 359 g/mol. The number of ketones is 2. The van der Waals surface area contributed by atoms with Gasteiger partial charge in [0.25, 0.3) is 0 Å². The van der Waals surface area contributed by atoms with E-state index in [2.05, 4.69) is 19.9 Å². The second-order valence-corrected chi connectivity index (χ2v) is 4.53. The molecule has 8 nitrogen and oxygen atoms in total. The van der Waals surface area contributed by atoms with Gasteiger partial charge in [0.05, 0.1) is 0 Å². The van der Waals surface area contributed by atoms with Gasteiger partial charge in [-0.1, -0.05) is 23.2 Å². The molecule has 0 atom stereocenters. The minimum Gasteiger partial charge on any atom is -0.503 e. The molecule has 3 rings (SSSR count). The molecule has 0 bridgehead atoms. The Morgan fingerprint density at radius 3 is 0.958 bits per heavy atom. The van der Waals surface area contributed by atoms with E-state index in [1.807, 2.05) is 0 Å². The molecule has 0 unspecified atom stereocenters. The summed E-state index contributed by atoms with van der Waals surface area (Å²) in [5.74, 6) is -3.99. The number of carbonyl (C=O) groups excluding carboxylic acids is 2. The molecule has 0 fully saturated rings. The van der Waals surface area contributed by atoms with Crippen LogP contribution in [0.5, 0.6) is 0 Å². The molecular formula is C14H10Cl2N4O4. The maximum atomic E-state index is 10.8. The molecule has 0 aliphatic heterocycles. The summed E-state index contributed by atoms with van der Waals surface area (Å²) in [6.07, 6.45) is 13.1. The van der Waals surface area contributed by atoms with E-state index in [4.69, 9.17) is 33.4 Å². The highest BCUT2D eigenvalue weighted by atomic mass is 35.5. The van der Waals surface area contributed by atoms with Crippen molar-refractivity contribution in [2.75, 3.05) is 0 Å². The van der Waals surface area contributed by atoms with Gasteiger partial charge in [-0.2, -0.15) is 0 Å². The van der Waals surface area contributed by atoms with Crippen molar-refractivity contribution in [2.45, 2.75) is 0 Å². The molecule has 2 heterocycles. The largest absolute Gasteiger partial charge is 0.503 e. The van der Waals surface area contributed by atoms with Crippen LogP contribution in [-0.4, -0.2) is 41.7 Å². The number of hydrogen-bond acceptors (Lipinski definition) is 8. The molecule has 1 aliphatic rings. The van der Waals surface area contributed by atoms with Crippen LogP contribution in [0.1, 0.15) is 0 Å². The van der Waals surface area contributed by atoms with Crippen molar-refractivity contribution in [1.29, 1.82) is 0 Å². The van der Waals surface area contributed by atoms with Crippen LogP contribution in [-0.2, 0) is 9.59 Å². The Morgan fingerprint density at radius 1 is 0.583 bits per heavy atom. The fourth-order valence-corrected chi connectivity index (χ4v) is 1.48. The Morgan fingerprint density at radius 2 is 0.792 bits per heavy atom. The fourth-order valence-electron chi connectivity index (χ4n) is 1.13. The number of aromatic nitrogens is 4. The first kappa shape index (κ1) is 19.2. The number of rotatable bonds is 0. The van der Waals surface area contributed by atoms with Gasteiger partial charge in [0.15, 0.2) is 11.5 Å². The zero-order valence-electron chi connectivity index (χ0n) is 11.9. The first-order valence-electron chi connectivity index (χ1n) is 6.13. The summed E-state index contributed by atoms with van der Waals surface area (Å²) in [7, 11) is 0. The van der Waals surface area contributed by atoms with Crippen molar-refractivity contribution in [3.8, 4) is 0 Å². The van der Waals surface area contributed by atoms with Gasteiger partial charge >= 0.3 is 0 Å². The standard InChI is InChI=1S/C6H2Cl2O4.2C4H4N2/c7-1-3(9)5(11)2(8)6(12)4(1)10;2*1-2-6-4-3-5-1/h9,12H;2*1-4H. The highest BCUT2D eigenvalue weighted by Gasteiger charge is 2.32. The van der Waals surface area contributed by atoms with Crippen LogP contribution in [0.15, 0.2) is 71.2 Å². The molecule has 10 heteroatoms. The number of allylic oxidation sites excluding steroid dienone is 2. The van der Waals surface area contributed by atoms with Gasteiger partial charge in [0.1, 0.15) is 10.1 Å². The summed E-state index contributed by atoms with van der Waals surface area (Å²) in [6, 6.07) is 0. The molecule has 2 aromatic heterocycles. The third kappa shape index (κ3) is 5.75. The number of aliphatic hydroxyl groups excluding tert-OH is 2. The molecule has 0 spiro atoms. The zero-order chi connectivity index (χ0) is 17.9. The minimum absolute atomic E-state index is 0.720. The lowest BCUT2D eigenvalue weighted by atomic mass is 10.1. The minimum atomic E-state index is -1.06. The molecule has 0 aromatic carbocycles. The molecule has 24 heavy (non-hydrogen) atoms. The van der Waals surface area contributed by atoms with Crippen molar-refractivity contribution in [3.05, 3.63) is 71.2 Å². The Bertz CT molecular complexity index is 605. The zero-order valence-corrected chi connectivity index (χ0v) is 13.4. The fraction of sp³-hybridized carbons (Fsp3) is 0. The summed E-state index contributed by atoms with van der Waals surface area (Å²) in [4.78, 5) is 36.5. The number of aliphatic hydroxyl groups is 2. The van der Waals surface area contributed by atoms with E-state index >= 15 is 0 Å². The summed E-state index contributed by atoms with van der Waals surface area (Å²) in [5, 5.41) is 16.3. The van der Waals surface area contributed by atoms with Gasteiger partial charge in [-0.25, -0.2) is 0 Å². The Balaban J connectivity index is 0.000000200. The highest BCUT2D eigenvalue weighted by Crippen LogP contribution is 2.26. The van der Waals surface area contributed by atoms with E-state index < -0.39 is 33.1 Å². The third-order valence-corrected chi connectivity index (χ3v) is 2.90. The molecule has 124 valence electrons. The predicted molar refractivity (Wildman–Crippen MR) is 85.1 cm³/mol. The number of nitrogens with zero attached hydrogens (tertiary/aromatic N) is 4. The third-order valence-electron chi connectivity index (χ3n) is 2.20. The van der Waals surface area contributed by atoms with Crippen LogP contribution in [0.3, 0.4) is 0 Å². The van der Waals surface area contributed by atoms with Gasteiger partial charge in [-0.15, -0.1) is 0 Å². The van der Waals surface area contributed by atoms with Gasteiger partial charge in [-0.3, -0.25) is 29.5 Å². The van der Waals surface area contributed by atoms with Crippen molar-refractivity contribution < 1.29 is 19.8 Å². The lowest BCUT2D eigenvalue weighted by molar-refractivity contribution is -0.119. The molecule has 0 saturated carbocycles. The second kappa shape index (κ2) is 10.0. The van der Waals surface area contributed by atoms with E-state index in [0.717, 1.165) is 0 Å². The lowest BCUT2D eigenvalue weighted by Crippen LogP contribution is -2.19.